The normalized spacial score (nSPS) is 15.4. The predicted molar refractivity (Wildman–Crippen MR) is 93.0 cm³/mol. The number of pyridine rings is 1. The Balaban J connectivity index is 1.53. The number of anilines is 1. The van der Waals surface area contributed by atoms with Crippen molar-refractivity contribution in [2.24, 2.45) is 4.99 Å². The van der Waals surface area contributed by atoms with Gasteiger partial charge in [-0.3, -0.25) is 4.99 Å². The van der Waals surface area contributed by atoms with Crippen molar-refractivity contribution in [1.82, 2.24) is 15.6 Å². The van der Waals surface area contributed by atoms with E-state index >= 15 is 0 Å². The Hall–Kier alpha value is -2.54. The van der Waals surface area contributed by atoms with E-state index in [1.165, 1.54) is 0 Å². The highest BCUT2D eigenvalue weighted by Crippen LogP contribution is 2.13. The van der Waals surface area contributed by atoms with Gasteiger partial charge in [0, 0.05) is 20.1 Å². The second kappa shape index (κ2) is 8.35. The monoisotopic (exact) mass is 329 g/mol. The van der Waals surface area contributed by atoms with Gasteiger partial charge in [-0.05, 0) is 24.3 Å². The summed E-state index contributed by atoms with van der Waals surface area (Å²) in [7, 11) is 1.75. The van der Waals surface area contributed by atoms with Gasteiger partial charge in [0.25, 0.3) is 0 Å². The number of hydrogen-bond donors (Lipinski definition) is 2. The highest BCUT2D eigenvalue weighted by atomic mass is 16.5. The van der Waals surface area contributed by atoms with Gasteiger partial charge in [-0.25, -0.2) is 4.98 Å². The molecule has 7 heteroatoms. The van der Waals surface area contributed by atoms with Gasteiger partial charge in [0.2, 0.25) is 0 Å². The minimum atomic E-state index is 0.591. The molecule has 2 aromatic rings. The Morgan fingerprint density at radius 2 is 2.00 bits per heavy atom. The van der Waals surface area contributed by atoms with Gasteiger partial charge >= 0.3 is 0 Å². The Bertz CT molecular complexity index is 651. The van der Waals surface area contributed by atoms with Gasteiger partial charge in [0.05, 0.1) is 38.3 Å². The van der Waals surface area contributed by atoms with Gasteiger partial charge in [-0.1, -0.05) is 6.07 Å². The van der Waals surface area contributed by atoms with Crippen molar-refractivity contribution in [2.75, 3.05) is 38.3 Å². The molecule has 1 aliphatic heterocycles. The summed E-state index contributed by atoms with van der Waals surface area (Å²) >= 11 is 0. The molecular weight excluding hydrogens is 306 g/mol. The molecule has 2 aromatic heterocycles. The van der Waals surface area contributed by atoms with E-state index in [4.69, 9.17) is 14.1 Å². The molecule has 0 aromatic carbocycles. The van der Waals surface area contributed by atoms with Crippen LogP contribution in [0.3, 0.4) is 0 Å². The van der Waals surface area contributed by atoms with Crippen LogP contribution in [0, 0.1) is 0 Å². The standard InChI is InChI=1S/C17H23N5O2/c1-18-17(20-13-15-5-3-9-24-15)19-12-14-4-2-6-16(21-14)22-7-10-23-11-8-22/h2-6,9H,7-8,10-13H2,1H3,(H2,18,19,20). The molecule has 1 fully saturated rings. The molecule has 0 unspecified atom stereocenters. The maximum absolute atomic E-state index is 5.39. The average molecular weight is 329 g/mol. The fourth-order valence-corrected chi connectivity index (χ4v) is 2.51. The van der Waals surface area contributed by atoms with E-state index in [0.717, 1.165) is 43.6 Å². The summed E-state index contributed by atoms with van der Waals surface area (Å²) in [5, 5.41) is 6.48. The SMILES string of the molecule is CN=C(NCc1cccc(N2CCOCC2)n1)NCc1ccco1. The molecule has 0 spiro atoms. The quantitative estimate of drug-likeness (QED) is 0.638. The van der Waals surface area contributed by atoms with Gasteiger partial charge in [-0.15, -0.1) is 0 Å². The maximum Gasteiger partial charge on any atom is 0.191 e. The zero-order valence-electron chi connectivity index (χ0n) is 13.9. The first kappa shape index (κ1) is 16.3. The molecule has 0 atom stereocenters. The highest BCUT2D eigenvalue weighted by Gasteiger charge is 2.12. The summed E-state index contributed by atoms with van der Waals surface area (Å²) in [6.07, 6.45) is 1.66. The fraction of sp³-hybridized carbons (Fsp3) is 0.412. The molecule has 1 saturated heterocycles. The molecule has 0 amide bonds. The number of guanidine groups is 1. The molecule has 3 heterocycles. The third kappa shape index (κ3) is 4.48. The number of nitrogens with zero attached hydrogens (tertiary/aromatic N) is 3. The predicted octanol–water partition coefficient (Wildman–Crippen LogP) is 1.38. The number of ether oxygens (including phenoxy) is 1. The van der Waals surface area contributed by atoms with Crippen LogP contribution in [0.4, 0.5) is 5.82 Å². The summed E-state index contributed by atoms with van der Waals surface area (Å²) < 4.78 is 10.7. The minimum Gasteiger partial charge on any atom is -0.467 e. The molecule has 24 heavy (non-hydrogen) atoms. The number of aromatic nitrogens is 1. The van der Waals surface area contributed by atoms with E-state index < -0.39 is 0 Å². The molecule has 7 nitrogen and oxygen atoms in total. The third-order valence-electron chi connectivity index (χ3n) is 3.80. The van der Waals surface area contributed by atoms with Crippen LogP contribution in [-0.2, 0) is 17.8 Å². The average Bonchev–Trinajstić information content (AvgIpc) is 3.16. The molecule has 1 aliphatic rings. The van der Waals surface area contributed by atoms with Crippen LogP contribution < -0.4 is 15.5 Å². The smallest absolute Gasteiger partial charge is 0.191 e. The van der Waals surface area contributed by atoms with Crippen LogP contribution in [0.25, 0.3) is 0 Å². The largest absolute Gasteiger partial charge is 0.467 e. The zero-order chi connectivity index (χ0) is 16.6. The lowest BCUT2D eigenvalue weighted by Crippen LogP contribution is -2.37. The van der Waals surface area contributed by atoms with E-state index in [1.807, 2.05) is 30.3 Å². The maximum atomic E-state index is 5.39. The van der Waals surface area contributed by atoms with Crippen molar-refractivity contribution in [3.05, 3.63) is 48.0 Å². The van der Waals surface area contributed by atoms with Crippen LogP contribution in [0.15, 0.2) is 46.0 Å². The van der Waals surface area contributed by atoms with Crippen molar-refractivity contribution in [2.45, 2.75) is 13.1 Å². The fourth-order valence-electron chi connectivity index (χ4n) is 2.51. The van der Waals surface area contributed by atoms with E-state index in [9.17, 15) is 0 Å². The first-order valence-electron chi connectivity index (χ1n) is 8.10. The van der Waals surface area contributed by atoms with Gasteiger partial charge in [0.1, 0.15) is 11.6 Å². The van der Waals surface area contributed by atoms with Crippen LogP contribution in [0.2, 0.25) is 0 Å². The summed E-state index contributed by atoms with van der Waals surface area (Å²) in [5.74, 6) is 2.58. The second-order valence-electron chi connectivity index (χ2n) is 5.45. The Morgan fingerprint density at radius 1 is 1.17 bits per heavy atom. The van der Waals surface area contributed by atoms with E-state index in [-0.39, 0.29) is 0 Å². The summed E-state index contributed by atoms with van der Waals surface area (Å²) in [5.41, 5.74) is 0.972. The molecule has 128 valence electrons. The van der Waals surface area contributed by atoms with Crippen LogP contribution in [-0.4, -0.2) is 44.3 Å². The van der Waals surface area contributed by atoms with Crippen molar-refractivity contribution < 1.29 is 9.15 Å². The van der Waals surface area contributed by atoms with Gasteiger partial charge < -0.3 is 24.7 Å². The Morgan fingerprint density at radius 3 is 2.75 bits per heavy atom. The van der Waals surface area contributed by atoms with Gasteiger partial charge in [0.15, 0.2) is 5.96 Å². The van der Waals surface area contributed by atoms with Crippen molar-refractivity contribution in [1.29, 1.82) is 0 Å². The highest BCUT2D eigenvalue weighted by molar-refractivity contribution is 5.79. The number of morpholine rings is 1. The van der Waals surface area contributed by atoms with E-state index in [0.29, 0.717) is 19.0 Å². The number of aliphatic imine (C=N–C) groups is 1. The lowest BCUT2D eigenvalue weighted by atomic mass is 10.3. The molecule has 2 N–H and O–H groups in total. The molecule has 0 radical (unpaired) electrons. The Labute approximate surface area is 141 Å². The second-order valence-corrected chi connectivity index (χ2v) is 5.45. The van der Waals surface area contributed by atoms with Crippen LogP contribution in [0.5, 0.6) is 0 Å². The lowest BCUT2D eigenvalue weighted by Gasteiger charge is -2.28. The van der Waals surface area contributed by atoms with Gasteiger partial charge in [-0.2, -0.15) is 0 Å². The first-order chi connectivity index (χ1) is 11.8. The number of nitrogens with one attached hydrogen (secondary N) is 2. The van der Waals surface area contributed by atoms with Crippen LogP contribution in [0.1, 0.15) is 11.5 Å². The summed E-state index contributed by atoms with van der Waals surface area (Å²) in [4.78, 5) is 11.2. The lowest BCUT2D eigenvalue weighted by molar-refractivity contribution is 0.122. The molecule has 0 bridgehead atoms. The zero-order valence-corrected chi connectivity index (χ0v) is 13.9. The van der Waals surface area contributed by atoms with E-state index in [1.54, 1.807) is 13.3 Å². The van der Waals surface area contributed by atoms with Crippen molar-refractivity contribution in [3.8, 4) is 0 Å². The molecule has 0 aliphatic carbocycles. The minimum absolute atomic E-state index is 0.591. The Kier molecular flexibility index (Phi) is 5.68. The first-order valence-corrected chi connectivity index (χ1v) is 8.10. The molecule has 3 rings (SSSR count). The van der Waals surface area contributed by atoms with Crippen molar-refractivity contribution >= 4 is 11.8 Å². The summed E-state index contributed by atoms with van der Waals surface area (Å²) in [6.45, 7) is 4.48. The molecular formula is C17H23N5O2. The van der Waals surface area contributed by atoms with Crippen molar-refractivity contribution in [3.63, 3.8) is 0 Å². The third-order valence-corrected chi connectivity index (χ3v) is 3.80. The number of furan rings is 1. The van der Waals surface area contributed by atoms with Crippen LogP contribution >= 0.6 is 0 Å². The van der Waals surface area contributed by atoms with E-state index in [2.05, 4.69) is 20.5 Å². The summed E-state index contributed by atoms with van der Waals surface area (Å²) in [6, 6.07) is 9.88. The molecule has 0 saturated carbocycles. The topological polar surface area (TPSA) is 74.9 Å². The number of hydrogen-bond acceptors (Lipinski definition) is 5. The number of rotatable bonds is 5.